The fourth-order valence-electron chi connectivity index (χ4n) is 1.50. The van der Waals surface area contributed by atoms with E-state index in [1.54, 1.807) is 0 Å². The summed E-state index contributed by atoms with van der Waals surface area (Å²) < 4.78 is 5.20. The van der Waals surface area contributed by atoms with Crippen LogP contribution in [0.2, 0.25) is 0 Å². The van der Waals surface area contributed by atoms with E-state index in [4.69, 9.17) is 9.84 Å². The van der Waals surface area contributed by atoms with Gasteiger partial charge in [0, 0.05) is 19.1 Å². The minimum Gasteiger partial charge on any atom is -0.481 e. The number of aliphatic carboxylic acids is 1. The highest BCUT2D eigenvalue weighted by Gasteiger charge is 2.14. The minimum atomic E-state index is -0.883. The summed E-state index contributed by atoms with van der Waals surface area (Å²) >= 11 is 0. The SMILES string of the molecule is CCCOCCC(=O)NC(CCC)CC(=O)O. The van der Waals surface area contributed by atoms with Crippen molar-refractivity contribution in [3.8, 4) is 0 Å². The first-order valence-corrected chi connectivity index (χ1v) is 6.19. The van der Waals surface area contributed by atoms with Crippen molar-refractivity contribution < 1.29 is 19.4 Å². The number of ether oxygens (including phenoxy) is 1. The van der Waals surface area contributed by atoms with Gasteiger partial charge in [0.25, 0.3) is 0 Å². The first kappa shape index (κ1) is 15.9. The third-order valence-electron chi connectivity index (χ3n) is 2.25. The van der Waals surface area contributed by atoms with Crippen LogP contribution in [-0.2, 0) is 14.3 Å². The normalized spacial score (nSPS) is 12.1. The Labute approximate surface area is 103 Å². The molecule has 0 aromatic carbocycles. The topological polar surface area (TPSA) is 75.6 Å². The molecule has 5 nitrogen and oxygen atoms in total. The molecule has 0 aliphatic carbocycles. The Balaban J connectivity index is 3.82. The van der Waals surface area contributed by atoms with Crippen LogP contribution in [-0.4, -0.2) is 36.2 Å². The highest BCUT2D eigenvalue weighted by Crippen LogP contribution is 2.02. The van der Waals surface area contributed by atoms with Crippen molar-refractivity contribution in [3.05, 3.63) is 0 Å². The molecule has 0 aliphatic heterocycles. The van der Waals surface area contributed by atoms with Crippen LogP contribution >= 0.6 is 0 Å². The summed E-state index contributed by atoms with van der Waals surface area (Å²) in [5, 5.41) is 11.4. The molecule has 2 N–H and O–H groups in total. The molecule has 1 amide bonds. The molecule has 0 rings (SSSR count). The number of carboxylic acids is 1. The summed E-state index contributed by atoms with van der Waals surface area (Å²) in [4.78, 5) is 22.1. The summed E-state index contributed by atoms with van der Waals surface area (Å²) in [6, 6.07) is -0.267. The van der Waals surface area contributed by atoms with Gasteiger partial charge in [-0.1, -0.05) is 20.3 Å². The van der Waals surface area contributed by atoms with Gasteiger partial charge in [0.1, 0.15) is 0 Å². The summed E-state index contributed by atoms with van der Waals surface area (Å²) in [6.07, 6.45) is 2.74. The molecule has 0 saturated heterocycles. The van der Waals surface area contributed by atoms with E-state index in [0.29, 0.717) is 26.1 Å². The Morgan fingerprint density at radius 3 is 2.47 bits per heavy atom. The summed E-state index contributed by atoms with van der Waals surface area (Å²) in [7, 11) is 0. The van der Waals surface area contributed by atoms with Gasteiger partial charge >= 0.3 is 5.97 Å². The van der Waals surface area contributed by atoms with E-state index in [1.807, 2.05) is 13.8 Å². The molecular formula is C12H23NO4. The van der Waals surface area contributed by atoms with E-state index in [1.165, 1.54) is 0 Å². The third-order valence-corrected chi connectivity index (χ3v) is 2.25. The maximum Gasteiger partial charge on any atom is 0.305 e. The molecular weight excluding hydrogens is 222 g/mol. The van der Waals surface area contributed by atoms with E-state index >= 15 is 0 Å². The van der Waals surface area contributed by atoms with Gasteiger partial charge in [-0.05, 0) is 12.8 Å². The van der Waals surface area contributed by atoms with Gasteiger partial charge < -0.3 is 15.2 Å². The number of nitrogens with one attached hydrogen (secondary N) is 1. The monoisotopic (exact) mass is 245 g/mol. The van der Waals surface area contributed by atoms with Crippen LogP contribution in [0.5, 0.6) is 0 Å². The Bertz CT molecular complexity index is 231. The van der Waals surface area contributed by atoms with Crippen molar-refractivity contribution in [2.75, 3.05) is 13.2 Å². The van der Waals surface area contributed by atoms with E-state index < -0.39 is 5.97 Å². The van der Waals surface area contributed by atoms with Gasteiger partial charge in [0.15, 0.2) is 0 Å². The lowest BCUT2D eigenvalue weighted by Crippen LogP contribution is -2.36. The molecule has 0 bridgehead atoms. The van der Waals surface area contributed by atoms with Gasteiger partial charge in [-0.15, -0.1) is 0 Å². The van der Waals surface area contributed by atoms with Crippen LogP contribution in [0.15, 0.2) is 0 Å². The van der Waals surface area contributed by atoms with Crippen LogP contribution in [0.4, 0.5) is 0 Å². The van der Waals surface area contributed by atoms with Crippen LogP contribution in [0, 0.1) is 0 Å². The maximum atomic E-state index is 11.5. The molecule has 1 unspecified atom stereocenters. The van der Waals surface area contributed by atoms with E-state index in [9.17, 15) is 9.59 Å². The van der Waals surface area contributed by atoms with Crippen molar-refractivity contribution in [2.45, 2.75) is 52.0 Å². The van der Waals surface area contributed by atoms with Crippen LogP contribution < -0.4 is 5.32 Å². The lowest BCUT2D eigenvalue weighted by atomic mass is 10.1. The lowest BCUT2D eigenvalue weighted by Gasteiger charge is -2.15. The number of rotatable bonds is 10. The molecule has 5 heteroatoms. The second kappa shape index (κ2) is 10.1. The Hall–Kier alpha value is -1.10. The summed E-state index contributed by atoms with van der Waals surface area (Å²) in [6.45, 7) is 5.02. The zero-order valence-electron chi connectivity index (χ0n) is 10.7. The maximum absolute atomic E-state index is 11.5. The van der Waals surface area contributed by atoms with Gasteiger partial charge in [-0.2, -0.15) is 0 Å². The predicted octanol–water partition coefficient (Wildman–Crippen LogP) is 1.56. The van der Waals surface area contributed by atoms with E-state index in [2.05, 4.69) is 5.32 Å². The Kier molecular flexibility index (Phi) is 9.43. The van der Waals surface area contributed by atoms with E-state index in [-0.39, 0.29) is 18.4 Å². The second-order valence-electron chi connectivity index (χ2n) is 4.01. The average Bonchev–Trinajstić information content (AvgIpc) is 2.24. The van der Waals surface area contributed by atoms with Crippen molar-refractivity contribution in [2.24, 2.45) is 0 Å². The quantitative estimate of drug-likeness (QED) is 0.573. The fourth-order valence-corrected chi connectivity index (χ4v) is 1.50. The van der Waals surface area contributed by atoms with Crippen LogP contribution in [0.1, 0.15) is 46.0 Å². The molecule has 0 aromatic rings. The van der Waals surface area contributed by atoms with Crippen LogP contribution in [0.25, 0.3) is 0 Å². The predicted molar refractivity (Wildman–Crippen MR) is 64.8 cm³/mol. The summed E-state index contributed by atoms with van der Waals surface area (Å²) in [5.41, 5.74) is 0. The molecule has 0 saturated carbocycles. The fraction of sp³-hybridized carbons (Fsp3) is 0.833. The molecule has 0 spiro atoms. The first-order valence-electron chi connectivity index (χ1n) is 6.19. The average molecular weight is 245 g/mol. The molecule has 0 radical (unpaired) electrons. The molecule has 0 fully saturated rings. The number of hydrogen-bond acceptors (Lipinski definition) is 3. The standard InChI is InChI=1S/C12H23NO4/c1-3-5-10(9-12(15)16)13-11(14)6-8-17-7-4-2/h10H,3-9H2,1-2H3,(H,13,14)(H,15,16). The summed E-state index contributed by atoms with van der Waals surface area (Å²) in [5.74, 6) is -1.02. The van der Waals surface area contributed by atoms with Gasteiger partial charge in [-0.3, -0.25) is 9.59 Å². The van der Waals surface area contributed by atoms with E-state index in [0.717, 1.165) is 12.8 Å². The Morgan fingerprint density at radius 1 is 1.24 bits per heavy atom. The molecule has 0 heterocycles. The second-order valence-corrected chi connectivity index (χ2v) is 4.01. The van der Waals surface area contributed by atoms with Gasteiger partial charge in [-0.25, -0.2) is 0 Å². The number of carbonyl (C=O) groups is 2. The highest BCUT2D eigenvalue weighted by molar-refractivity contribution is 5.77. The number of hydrogen-bond donors (Lipinski definition) is 2. The zero-order valence-corrected chi connectivity index (χ0v) is 10.7. The molecule has 0 aliphatic rings. The molecule has 0 aromatic heterocycles. The lowest BCUT2D eigenvalue weighted by molar-refractivity contribution is -0.137. The molecule has 100 valence electrons. The first-order chi connectivity index (χ1) is 8.10. The molecule has 1 atom stereocenters. The van der Waals surface area contributed by atoms with Gasteiger partial charge in [0.2, 0.25) is 5.91 Å². The Morgan fingerprint density at radius 2 is 1.94 bits per heavy atom. The van der Waals surface area contributed by atoms with Crippen molar-refractivity contribution in [3.63, 3.8) is 0 Å². The van der Waals surface area contributed by atoms with Crippen LogP contribution in [0.3, 0.4) is 0 Å². The number of carboxylic acid groups (broad SMARTS) is 1. The van der Waals surface area contributed by atoms with Crippen molar-refractivity contribution in [1.82, 2.24) is 5.32 Å². The highest BCUT2D eigenvalue weighted by atomic mass is 16.5. The van der Waals surface area contributed by atoms with Crippen molar-refractivity contribution >= 4 is 11.9 Å². The zero-order chi connectivity index (χ0) is 13.1. The third kappa shape index (κ3) is 9.81. The number of amides is 1. The van der Waals surface area contributed by atoms with Crippen molar-refractivity contribution in [1.29, 1.82) is 0 Å². The largest absolute Gasteiger partial charge is 0.481 e. The smallest absolute Gasteiger partial charge is 0.305 e. The minimum absolute atomic E-state index is 0.0185. The van der Waals surface area contributed by atoms with Gasteiger partial charge in [0.05, 0.1) is 13.0 Å². The number of carbonyl (C=O) groups excluding carboxylic acids is 1. The molecule has 17 heavy (non-hydrogen) atoms.